The van der Waals surface area contributed by atoms with Crippen LogP contribution in [0.2, 0.25) is 0 Å². The number of amidine groups is 1. The lowest BCUT2D eigenvalue weighted by Crippen LogP contribution is -2.49. The van der Waals surface area contributed by atoms with Gasteiger partial charge in [0.1, 0.15) is 5.41 Å². The second-order valence-electron chi connectivity index (χ2n) is 4.64. The Morgan fingerprint density at radius 3 is 2.65 bits per heavy atom. The summed E-state index contributed by atoms with van der Waals surface area (Å²) < 4.78 is 0. The van der Waals surface area contributed by atoms with Crippen LogP contribution in [0.4, 0.5) is 0 Å². The van der Waals surface area contributed by atoms with Crippen LogP contribution in [0.15, 0.2) is 10.5 Å². The number of hydrogen-bond acceptors (Lipinski definition) is 5. The molecule has 0 unspecified atom stereocenters. The van der Waals surface area contributed by atoms with Crippen molar-refractivity contribution in [3.63, 3.8) is 0 Å². The van der Waals surface area contributed by atoms with E-state index in [1.165, 1.54) is 0 Å². The first-order valence-corrected chi connectivity index (χ1v) is 7.55. The van der Waals surface area contributed by atoms with Crippen LogP contribution in [0.25, 0.3) is 0 Å². The Labute approximate surface area is 123 Å². The predicted octanol–water partition coefficient (Wildman–Crippen LogP) is 1.66. The molecule has 1 aromatic heterocycles. The first-order valence-electron chi connectivity index (χ1n) is 6.67. The van der Waals surface area contributed by atoms with Gasteiger partial charge in [-0.1, -0.05) is 19.0 Å². The van der Waals surface area contributed by atoms with Crippen molar-refractivity contribution >= 4 is 23.1 Å². The molecule has 20 heavy (non-hydrogen) atoms. The molecule has 0 aliphatic heterocycles. The molecule has 0 saturated carbocycles. The minimum atomic E-state index is -0.938. The summed E-state index contributed by atoms with van der Waals surface area (Å²) in [6.45, 7) is 6.14. The van der Waals surface area contributed by atoms with Crippen LogP contribution in [0.3, 0.4) is 0 Å². The van der Waals surface area contributed by atoms with E-state index in [1.807, 2.05) is 26.2 Å². The van der Waals surface area contributed by atoms with Crippen molar-refractivity contribution in [1.82, 2.24) is 10.3 Å². The van der Waals surface area contributed by atoms with Gasteiger partial charge >= 0.3 is 0 Å². The van der Waals surface area contributed by atoms with Crippen molar-refractivity contribution in [1.29, 1.82) is 0 Å². The van der Waals surface area contributed by atoms with Gasteiger partial charge < -0.3 is 16.3 Å². The van der Waals surface area contributed by atoms with Crippen LogP contribution in [-0.4, -0.2) is 28.5 Å². The third kappa shape index (κ3) is 3.47. The maximum atomic E-state index is 12.3. The number of amides is 1. The van der Waals surface area contributed by atoms with Gasteiger partial charge in [-0.15, -0.1) is 11.3 Å². The molecule has 112 valence electrons. The highest BCUT2D eigenvalue weighted by Crippen LogP contribution is 2.26. The molecule has 0 saturated heterocycles. The smallest absolute Gasteiger partial charge is 0.233 e. The number of carbonyl (C=O) groups is 1. The van der Waals surface area contributed by atoms with Crippen LogP contribution in [0, 0.1) is 12.3 Å². The summed E-state index contributed by atoms with van der Waals surface area (Å²) in [6.07, 6.45) is 1.65. The molecule has 1 amide bonds. The molecule has 0 atom stereocenters. The predicted molar refractivity (Wildman–Crippen MR) is 80.0 cm³/mol. The van der Waals surface area contributed by atoms with Crippen molar-refractivity contribution in [2.24, 2.45) is 16.3 Å². The minimum absolute atomic E-state index is 0.0375. The lowest BCUT2D eigenvalue weighted by Gasteiger charge is -2.28. The molecule has 0 aliphatic rings. The molecule has 1 aromatic rings. The second-order valence-corrected chi connectivity index (χ2v) is 5.70. The van der Waals surface area contributed by atoms with Gasteiger partial charge in [-0.3, -0.25) is 4.79 Å². The van der Waals surface area contributed by atoms with Crippen LogP contribution >= 0.6 is 11.3 Å². The first-order chi connectivity index (χ1) is 9.50. The minimum Gasteiger partial charge on any atom is -0.409 e. The van der Waals surface area contributed by atoms with Crippen LogP contribution < -0.4 is 11.1 Å². The summed E-state index contributed by atoms with van der Waals surface area (Å²) in [7, 11) is 0. The molecule has 0 aliphatic carbocycles. The van der Waals surface area contributed by atoms with Gasteiger partial charge in [-0.25, -0.2) is 4.98 Å². The average Bonchev–Trinajstić information content (AvgIpc) is 2.86. The number of nitrogens with one attached hydrogen (secondary N) is 1. The third-order valence-corrected chi connectivity index (χ3v) is 4.40. The molecule has 7 heteroatoms. The average molecular weight is 298 g/mol. The molecule has 0 radical (unpaired) electrons. The van der Waals surface area contributed by atoms with Crippen LogP contribution in [0.5, 0.6) is 0 Å². The van der Waals surface area contributed by atoms with Crippen molar-refractivity contribution in [2.45, 2.75) is 40.0 Å². The van der Waals surface area contributed by atoms with Gasteiger partial charge in [0.25, 0.3) is 0 Å². The van der Waals surface area contributed by atoms with E-state index in [1.54, 1.807) is 11.3 Å². The quantitative estimate of drug-likeness (QED) is 0.308. The summed E-state index contributed by atoms with van der Waals surface area (Å²) in [5, 5.41) is 17.7. The maximum Gasteiger partial charge on any atom is 0.233 e. The zero-order valence-electron chi connectivity index (χ0n) is 12.1. The molecular formula is C13H22N4O2S. The van der Waals surface area contributed by atoms with E-state index >= 15 is 0 Å². The lowest BCUT2D eigenvalue weighted by atomic mass is 9.80. The van der Waals surface area contributed by atoms with Crippen molar-refractivity contribution in [3.8, 4) is 0 Å². The van der Waals surface area contributed by atoms with E-state index in [-0.39, 0.29) is 11.7 Å². The number of nitrogens with two attached hydrogens (primary N) is 1. The number of rotatable bonds is 7. The van der Waals surface area contributed by atoms with E-state index in [0.29, 0.717) is 25.8 Å². The molecule has 6 nitrogen and oxygen atoms in total. The Morgan fingerprint density at radius 2 is 2.20 bits per heavy atom. The highest BCUT2D eigenvalue weighted by Gasteiger charge is 2.39. The number of nitrogens with zero attached hydrogens (tertiary/aromatic N) is 2. The number of aryl methyl sites for hydroxylation is 1. The topological polar surface area (TPSA) is 101 Å². The molecule has 4 N–H and O–H groups in total. The van der Waals surface area contributed by atoms with E-state index in [9.17, 15) is 4.79 Å². The standard InChI is InChI=1S/C13H22N4O2S/c1-4-13(5-2,11(14)17-19)12(18)15-7-6-10-8-20-9(3)16-10/h8,19H,4-7H2,1-3H3,(H2,14,17)(H,15,18). The van der Waals surface area contributed by atoms with Crippen molar-refractivity contribution in [2.75, 3.05) is 6.54 Å². The first kappa shape index (κ1) is 16.4. The third-order valence-electron chi connectivity index (χ3n) is 3.57. The summed E-state index contributed by atoms with van der Waals surface area (Å²) in [5.74, 6) is -0.241. The molecule has 1 rings (SSSR count). The van der Waals surface area contributed by atoms with Crippen molar-refractivity contribution < 1.29 is 10.0 Å². The second kappa shape index (κ2) is 7.23. The number of hydrogen-bond donors (Lipinski definition) is 3. The molecule has 0 spiro atoms. The number of aromatic nitrogens is 1. The fourth-order valence-electron chi connectivity index (χ4n) is 2.14. The fraction of sp³-hybridized carbons (Fsp3) is 0.615. The zero-order chi connectivity index (χ0) is 15.2. The number of thiazole rings is 1. The van der Waals surface area contributed by atoms with Gasteiger partial charge in [0.15, 0.2) is 5.84 Å². The van der Waals surface area contributed by atoms with Gasteiger partial charge in [-0.2, -0.15) is 0 Å². The fourth-order valence-corrected chi connectivity index (χ4v) is 2.79. The van der Waals surface area contributed by atoms with Gasteiger partial charge in [0.05, 0.1) is 10.7 Å². The normalized spacial score (nSPS) is 12.4. The van der Waals surface area contributed by atoms with E-state index in [4.69, 9.17) is 10.9 Å². The Hall–Kier alpha value is -1.63. The zero-order valence-corrected chi connectivity index (χ0v) is 13.0. The highest BCUT2D eigenvalue weighted by atomic mass is 32.1. The van der Waals surface area contributed by atoms with E-state index in [2.05, 4.69) is 15.5 Å². The molecular weight excluding hydrogens is 276 g/mol. The summed E-state index contributed by atoms with van der Waals surface area (Å²) in [5.41, 5.74) is 5.72. The van der Waals surface area contributed by atoms with Gasteiger partial charge in [0, 0.05) is 18.3 Å². The van der Waals surface area contributed by atoms with Gasteiger partial charge in [-0.05, 0) is 19.8 Å². The van der Waals surface area contributed by atoms with Crippen LogP contribution in [0.1, 0.15) is 37.4 Å². The summed E-state index contributed by atoms with van der Waals surface area (Å²) in [6, 6.07) is 0. The Bertz CT molecular complexity index is 480. The summed E-state index contributed by atoms with van der Waals surface area (Å²) in [4.78, 5) is 16.7. The van der Waals surface area contributed by atoms with Crippen LogP contribution in [-0.2, 0) is 11.2 Å². The maximum absolute atomic E-state index is 12.3. The highest BCUT2D eigenvalue weighted by molar-refractivity contribution is 7.09. The SMILES string of the molecule is CCC(CC)(C(=O)NCCc1csc(C)n1)C(N)=NO. The van der Waals surface area contributed by atoms with E-state index in [0.717, 1.165) is 10.7 Å². The molecule has 0 bridgehead atoms. The molecule has 1 heterocycles. The monoisotopic (exact) mass is 298 g/mol. The Morgan fingerprint density at radius 1 is 1.55 bits per heavy atom. The Kier molecular flexibility index (Phi) is 5.94. The number of carbonyl (C=O) groups excluding carboxylic acids is 1. The Balaban J connectivity index is 2.63. The molecule has 0 aromatic carbocycles. The van der Waals surface area contributed by atoms with Gasteiger partial charge in [0.2, 0.25) is 5.91 Å². The van der Waals surface area contributed by atoms with Crippen molar-refractivity contribution in [3.05, 3.63) is 16.1 Å². The van der Waals surface area contributed by atoms with E-state index < -0.39 is 5.41 Å². The number of oxime groups is 1. The largest absolute Gasteiger partial charge is 0.409 e. The summed E-state index contributed by atoms with van der Waals surface area (Å²) >= 11 is 1.59. The molecule has 0 fully saturated rings. The lowest BCUT2D eigenvalue weighted by molar-refractivity contribution is -0.127.